The smallest absolute Gasteiger partial charge is 0.365 e. The molecule has 1 unspecified atom stereocenters. The Morgan fingerprint density at radius 1 is 1.25 bits per heavy atom. The standard InChI is InChI=1S/C17H23N3O4/c1-3-8-18-17(23)19-15(21)11-20-10-13-7-5-4-6-12(13)9-14(20)16(22)24-2/h4-7,14H,3,8-11H2,1-2H3,(H2,18,19,21,23)/p+1/t14-/m1/s1. The second kappa shape index (κ2) is 8.44. The minimum absolute atomic E-state index is 0.0354. The van der Waals surface area contributed by atoms with Crippen LogP contribution in [0.2, 0.25) is 0 Å². The summed E-state index contributed by atoms with van der Waals surface area (Å²) in [6.07, 6.45) is 1.31. The van der Waals surface area contributed by atoms with Gasteiger partial charge in [0.15, 0.2) is 12.6 Å². The van der Waals surface area contributed by atoms with E-state index in [2.05, 4.69) is 10.6 Å². The zero-order valence-electron chi connectivity index (χ0n) is 14.1. The molecule has 1 aliphatic heterocycles. The van der Waals surface area contributed by atoms with Gasteiger partial charge in [0, 0.05) is 18.5 Å². The molecule has 7 heteroatoms. The summed E-state index contributed by atoms with van der Waals surface area (Å²) in [4.78, 5) is 36.5. The van der Waals surface area contributed by atoms with Crippen LogP contribution in [0.4, 0.5) is 4.79 Å². The number of esters is 1. The first-order chi connectivity index (χ1) is 11.5. The average molecular weight is 334 g/mol. The lowest BCUT2D eigenvalue weighted by Crippen LogP contribution is -3.17. The first kappa shape index (κ1) is 17.9. The second-order valence-corrected chi connectivity index (χ2v) is 5.86. The van der Waals surface area contributed by atoms with Crippen molar-refractivity contribution in [3.8, 4) is 0 Å². The Morgan fingerprint density at radius 3 is 2.62 bits per heavy atom. The molecule has 1 aromatic rings. The number of carbonyl (C=O) groups excluding carboxylic acids is 3. The highest BCUT2D eigenvalue weighted by Crippen LogP contribution is 2.14. The maximum absolute atomic E-state index is 12.1. The lowest BCUT2D eigenvalue weighted by molar-refractivity contribution is -0.924. The van der Waals surface area contributed by atoms with Crippen molar-refractivity contribution in [3.63, 3.8) is 0 Å². The molecule has 3 N–H and O–H groups in total. The molecule has 2 rings (SSSR count). The van der Waals surface area contributed by atoms with Crippen LogP contribution in [0.3, 0.4) is 0 Å². The fourth-order valence-electron chi connectivity index (χ4n) is 2.90. The molecule has 1 heterocycles. The molecule has 0 aromatic heterocycles. The Bertz CT molecular complexity index is 618. The normalized spacial score (nSPS) is 19.1. The van der Waals surface area contributed by atoms with E-state index in [0.29, 0.717) is 19.5 Å². The summed E-state index contributed by atoms with van der Waals surface area (Å²) in [5, 5.41) is 4.89. The van der Waals surface area contributed by atoms with Crippen LogP contribution < -0.4 is 15.5 Å². The van der Waals surface area contributed by atoms with E-state index >= 15 is 0 Å². The summed E-state index contributed by atoms with van der Waals surface area (Å²) < 4.78 is 4.88. The summed E-state index contributed by atoms with van der Waals surface area (Å²) in [6.45, 7) is 3.01. The molecule has 0 spiro atoms. The lowest BCUT2D eigenvalue weighted by atomic mass is 9.94. The van der Waals surface area contributed by atoms with Gasteiger partial charge in [0.25, 0.3) is 5.91 Å². The van der Waals surface area contributed by atoms with Gasteiger partial charge in [-0.2, -0.15) is 0 Å². The van der Waals surface area contributed by atoms with Crippen LogP contribution in [0.5, 0.6) is 0 Å². The minimum Gasteiger partial charge on any atom is -0.465 e. The van der Waals surface area contributed by atoms with Crippen LogP contribution in [0.25, 0.3) is 0 Å². The van der Waals surface area contributed by atoms with E-state index in [-0.39, 0.29) is 12.5 Å². The molecule has 0 aliphatic carbocycles. The van der Waals surface area contributed by atoms with Gasteiger partial charge in [0.1, 0.15) is 6.54 Å². The van der Waals surface area contributed by atoms with E-state index in [1.807, 2.05) is 31.2 Å². The molecule has 7 nitrogen and oxygen atoms in total. The van der Waals surface area contributed by atoms with Crippen molar-refractivity contribution < 1.29 is 24.0 Å². The highest BCUT2D eigenvalue weighted by atomic mass is 16.5. The van der Waals surface area contributed by atoms with Gasteiger partial charge < -0.3 is 15.0 Å². The highest BCUT2D eigenvalue weighted by molar-refractivity contribution is 5.94. The molecule has 0 bridgehead atoms. The quantitative estimate of drug-likeness (QED) is 0.628. The summed E-state index contributed by atoms with van der Waals surface area (Å²) in [7, 11) is 1.35. The fraction of sp³-hybridized carbons (Fsp3) is 0.471. The number of nitrogens with one attached hydrogen (secondary N) is 3. The van der Waals surface area contributed by atoms with Crippen LogP contribution in [0.1, 0.15) is 24.5 Å². The van der Waals surface area contributed by atoms with Crippen molar-refractivity contribution >= 4 is 17.9 Å². The molecule has 0 saturated heterocycles. The molecule has 0 fully saturated rings. The maximum Gasteiger partial charge on any atom is 0.365 e. The van der Waals surface area contributed by atoms with E-state index in [9.17, 15) is 14.4 Å². The number of ether oxygens (including phenoxy) is 1. The van der Waals surface area contributed by atoms with Gasteiger partial charge in [0.05, 0.1) is 7.11 Å². The minimum atomic E-state index is -0.506. The topological polar surface area (TPSA) is 88.9 Å². The highest BCUT2D eigenvalue weighted by Gasteiger charge is 2.37. The van der Waals surface area contributed by atoms with E-state index in [1.165, 1.54) is 7.11 Å². The van der Waals surface area contributed by atoms with Crippen LogP contribution >= 0.6 is 0 Å². The van der Waals surface area contributed by atoms with Gasteiger partial charge >= 0.3 is 12.0 Å². The number of quaternary nitrogens is 1. The zero-order valence-corrected chi connectivity index (χ0v) is 14.1. The van der Waals surface area contributed by atoms with Crippen LogP contribution in [-0.2, 0) is 27.3 Å². The third-order valence-corrected chi connectivity index (χ3v) is 4.11. The molecule has 3 amide bonds. The van der Waals surface area contributed by atoms with E-state index in [0.717, 1.165) is 22.4 Å². The van der Waals surface area contributed by atoms with Gasteiger partial charge in [-0.3, -0.25) is 10.1 Å². The zero-order chi connectivity index (χ0) is 17.5. The van der Waals surface area contributed by atoms with Gasteiger partial charge in [0.2, 0.25) is 0 Å². The number of carbonyl (C=O) groups is 3. The van der Waals surface area contributed by atoms with Crippen molar-refractivity contribution in [1.82, 2.24) is 10.6 Å². The number of hydrogen-bond acceptors (Lipinski definition) is 4. The molecule has 1 aromatic carbocycles. The lowest BCUT2D eigenvalue weighted by Gasteiger charge is -2.31. The molecule has 2 atom stereocenters. The van der Waals surface area contributed by atoms with E-state index in [1.54, 1.807) is 0 Å². The predicted octanol–water partition coefficient (Wildman–Crippen LogP) is -0.595. The summed E-state index contributed by atoms with van der Waals surface area (Å²) in [5.41, 5.74) is 2.20. The SMILES string of the molecule is CCCNC(=O)NC(=O)C[NH+]1Cc2ccccc2C[C@@H]1C(=O)OC. The van der Waals surface area contributed by atoms with Crippen molar-refractivity contribution in [2.45, 2.75) is 32.4 Å². The molecule has 0 radical (unpaired) electrons. The third kappa shape index (κ3) is 4.55. The Labute approximate surface area is 141 Å². The Morgan fingerprint density at radius 2 is 1.96 bits per heavy atom. The van der Waals surface area contributed by atoms with Crippen LogP contribution in [0, 0.1) is 0 Å². The van der Waals surface area contributed by atoms with Crippen molar-refractivity contribution in [2.75, 3.05) is 20.2 Å². The first-order valence-electron chi connectivity index (χ1n) is 8.12. The van der Waals surface area contributed by atoms with Gasteiger partial charge in [-0.25, -0.2) is 9.59 Å². The molecular weight excluding hydrogens is 310 g/mol. The number of hydrogen-bond donors (Lipinski definition) is 3. The van der Waals surface area contributed by atoms with Crippen LogP contribution in [-0.4, -0.2) is 44.1 Å². The number of urea groups is 1. The van der Waals surface area contributed by atoms with Crippen molar-refractivity contribution in [3.05, 3.63) is 35.4 Å². The molecule has 130 valence electrons. The maximum atomic E-state index is 12.1. The third-order valence-electron chi connectivity index (χ3n) is 4.11. The van der Waals surface area contributed by atoms with Gasteiger partial charge in [-0.1, -0.05) is 31.2 Å². The van der Waals surface area contributed by atoms with Gasteiger partial charge in [-0.05, 0) is 12.0 Å². The monoisotopic (exact) mass is 334 g/mol. The number of benzene rings is 1. The van der Waals surface area contributed by atoms with Crippen LogP contribution in [0.15, 0.2) is 24.3 Å². The summed E-state index contributed by atoms with van der Waals surface area (Å²) >= 11 is 0. The first-order valence-corrected chi connectivity index (χ1v) is 8.12. The molecular formula is C17H24N3O4+. The number of rotatable bonds is 5. The number of amides is 3. The summed E-state index contributed by atoms with van der Waals surface area (Å²) in [6, 6.07) is 6.90. The Hall–Kier alpha value is -2.41. The second-order valence-electron chi connectivity index (χ2n) is 5.86. The Kier molecular flexibility index (Phi) is 6.31. The molecule has 0 saturated carbocycles. The van der Waals surface area contributed by atoms with Crippen molar-refractivity contribution in [2.24, 2.45) is 0 Å². The van der Waals surface area contributed by atoms with Gasteiger partial charge in [-0.15, -0.1) is 0 Å². The van der Waals surface area contributed by atoms with E-state index in [4.69, 9.17) is 4.74 Å². The number of imide groups is 1. The number of methoxy groups -OCH3 is 1. The largest absolute Gasteiger partial charge is 0.465 e. The molecule has 1 aliphatic rings. The fourth-order valence-corrected chi connectivity index (χ4v) is 2.90. The summed E-state index contributed by atoms with van der Waals surface area (Å²) in [5.74, 6) is -0.755. The van der Waals surface area contributed by atoms with Crippen molar-refractivity contribution in [1.29, 1.82) is 0 Å². The predicted molar refractivity (Wildman–Crippen MR) is 87.3 cm³/mol. The van der Waals surface area contributed by atoms with E-state index < -0.39 is 18.0 Å². The number of fused-ring (bicyclic) bond motifs is 1. The molecule has 24 heavy (non-hydrogen) atoms. The average Bonchev–Trinajstić information content (AvgIpc) is 2.58. The Balaban J connectivity index is 2.04.